The minimum absolute atomic E-state index is 0.0826. The summed E-state index contributed by atoms with van der Waals surface area (Å²) in [6.45, 7) is 7.30. The summed E-state index contributed by atoms with van der Waals surface area (Å²) in [6.07, 6.45) is 3.83. The highest BCUT2D eigenvalue weighted by Crippen LogP contribution is 2.31. The Bertz CT molecular complexity index is 317. The fourth-order valence-electron chi connectivity index (χ4n) is 2.18. The van der Waals surface area contributed by atoms with E-state index in [1.165, 1.54) is 5.57 Å². The molecule has 3 nitrogen and oxygen atoms in total. The zero-order valence-corrected chi connectivity index (χ0v) is 10.3. The summed E-state index contributed by atoms with van der Waals surface area (Å²) < 4.78 is 11.2. The van der Waals surface area contributed by atoms with Gasteiger partial charge in [-0.2, -0.15) is 0 Å². The van der Waals surface area contributed by atoms with Gasteiger partial charge in [0, 0.05) is 5.41 Å². The number of cyclic esters (lactones) is 1. The van der Waals surface area contributed by atoms with Gasteiger partial charge in [0.2, 0.25) is 0 Å². The standard InChI is InChI=1S/C13H20O3/c1-9-4-5-10-11(6-9)15-7-13(2,3)8-16-12(10)14/h6,10-11H,4-5,7-8H2,1-3H3/t10-,11-/m1/s1. The molecule has 0 N–H and O–H groups in total. The second kappa shape index (κ2) is 4.21. The molecule has 1 aliphatic heterocycles. The maximum absolute atomic E-state index is 11.9. The first-order chi connectivity index (χ1) is 7.48. The Balaban J connectivity index is 2.16. The van der Waals surface area contributed by atoms with E-state index in [-0.39, 0.29) is 23.4 Å². The zero-order chi connectivity index (χ0) is 11.8. The van der Waals surface area contributed by atoms with Crippen LogP contribution in [0.1, 0.15) is 33.6 Å². The highest BCUT2D eigenvalue weighted by molar-refractivity contribution is 5.74. The molecule has 2 atom stereocenters. The summed E-state index contributed by atoms with van der Waals surface area (Å²) in [5.41, 5.74) is 1.23. The minimum Gasteiger partial charge on any atom is -0.465 e. The first-order valence-electron chi connectivity index (χ1n) is 5.93. The molecular weight excluding hydrogens is 204 g/mol. The Morgan fingerprint density at radius 1 is 1.38 bits per heavy atom. The fourth-order valence-corrected chi connectivity index (χ4v) is 2.18. The lowest BCUT2D eigenvalue weighted by Crippen LogP contribution is -2.41. The highest BCUT2D eigenvalue weighted by atomic mass is 16.5. The summed E-state index contributed by atoms with van der Waals surface area (Å²) >= 11 is 0. The number of hydrogen-bond donors (Lipinski definition) is 0. The maximum atomic E-state index is 11.9. The second-order valence-electron chi connectivity index (χ2n) is 5.71. The van der Waals surface area contributed by atoms with Gasteiger partial charge in [0.05, 0.1) is 25.2 Å². The van der Waals surface area contributed by atoms with Gasteiger partial charge in [-0.15, -0.1) is 0 Å². The van der Waals surface area contributed by atoms with E-state index in [9.17, 15) is 4.79 Å². The molecule has 0 spiro atoms. The van der Waals surface area contributed by atoms with E-state index in [0.29, 0.717) is 13.2 Å². The van der Waals surface area contributed by atoms with Crippen molar-refractivity contribution in [2.45, 2.75) is 39.7 Å². The van der Waals surface area contributed by atoms with Gasteiger partial charge < -0.3 is 9.47 Å². The molecule has 1 fully saturated rings. The van der Waals surface area contributed by atoms with Crippen LogP contribution in [-0.2, 0) is 14.3 Å². The van der Waals surface area contributed by atoms with Crippen LogP contribution in [0.25, 0.3) is 0 Å². The lowest BCUT2D eigenvalue weighted by molar-refractivity contribution is -0.166. The molecule has 1 saturated heterocycles. The van der Waals surface area contributed by atoms with Gasteiger partial charge in [0.25, 0.3) is 0 Å². The van der Waals surface area contributed by atoms with Crippen molar-refractivity contribution in [3.63, 3.8) is 0 Å². The van der Waals surface area contributed by atoms with Crippen molar-refractivity contribution in [3.05, 3.63) is 11.6 Å². The van der Waals surface area contributed by atoms with E-state index >= 15 is 0 Å². The first kappa shape index (κ1) is 11.6. The molecule has 0 unspecified atom stereocenters. The van der Waals surface area contributed by atoms with Crippen LogP contribution in [-0.4, -0.2) is 25.3 Å². The number of allylic oxidation sites excluding steroid dienone is 1. The molecule has 0 bridgehead atoms. The van der Waals surface area contributed by atoms with E-state index in [2.05, 4.69) is 26.8 Å². The first-order valence-corrected chi connectivity index (χ1v) is 5.93. The SMILES string of the molecule is CC1=C[C@H]2OCC(C)(C)COC(=O)[C@@H]2CC1. The van der Waals surface area contributed by atoms with Crippen LogP contribution in [0.2, 0.25) is 0 Å². The van der Waals surface area contributed by atoms with Crippen molar-refractivity contribution in [3.8, 4) is 0 Å². The van der Waals surface area contributed by atoms with Crippen LogP contribution in [0.4, 0.5) is 0 Å². The third-order valence-corrected chi connectivity index (χ3v) is 3.27. The van der Waals surface area contributed by atoms with Gasteiger partial charge in [-0.05, 0) is 19.8 Å². The van der Waals surface area contributed by atoms with E-state index in [1.807, 2.05) is 0 Å². The van der Waals surface area contributed by atoms with Gasteiger partial charge in [0.15, 0.2) is 0 Å². The minimum atomic E-state index is -0.0974. The van der Waals surface area contributed by atoms with Gasteiger partial charge in [0.1, 0.15) is 0 Å². The molecule has 0 aromatic heterocycles. The van der Waals surface area contributed by atoms with Crippen molar-refractivity contribution in [1.82, 2.24) is 0 Å². The third kappa shape index (κ3) is 2.46. The lowest BCUT2D eigenvalue weighted by Gasteiger charge is -2.35. The van der Waals surface area contributed by atoms with E-state index in [0.717, 1.165) is 12.8 Å². The van der Waals surface area contributed by atoms with E-state index in [1.54, 1.807) is 0 Å². The van der Waals surface area contributed by atoms with Crippen molar-refractivity contribution in [1.29, 1.82) is 0 Å². The Kier molecular flexibility index (Phi) is 3.06. The number of esters is 1. The molecule has 1 aliphatic carbocycles. The molecule has 2 rings (SSSR count). The van der Waals surface area contributed by atoms with E-state index < -0.39 is 0 Å². The average Bonchev–Trinajstić information content (AvgIpc) is 2.22. The highest BCUT2D eigenvalue weighted by Gasteiger charge is 2.36. The molecule has 2 aliphatic rings. The normalized spacial score (nSPS) is 34.2. The predicted molar refractivity (Wildman–Crippen MR) is 61.0 cm³/mol. The summed E-state index contributed by atoms with van der Waals surface area (Å²) in [5.74, 6) is -0.193. The van der Waals surface area contributed by atoms with Crippen LogP contribution < -0.4 is 0 Å². The van der Waals surface area contributed by atoms with Crippen LogP contribution in [0.3, 0.4) is 0 Å². The molecule has 90 valence electrons. The van der Waals surface area contributed by atoms with E-state index in [4.69, 9.17) is 9.47 Å². The fraction of sp³-hybridized carbons (Fsp3) is 0.769. The van der Waals surface area contributed by atoms with Gasteiger partial charge >= 0.3 is 5.97 Å². The number of carbonyl (C=O) groups is 1. The largest absolute Gasteiger partial charge is 0.465 e. The Labute approximate surface area is 96.8 Å². The Morgan fingerprint density at radius 2 is 2.12 bits per heavy atom. The topological polar surface area (TPSA) is 35.5 Å². The Morgan fingerprint density at radius 3 is 2.88 bits per heavy atom. The number of fused-ring (bicyclic) bond motifs is 1. The average molecular weight is 224 g/mol. The number of hydrogen-bond acceptors (Lipinski definition) is 3. The molecule has 16 heavy (non-hydrogen) atoms. The number of carbonyl (C=O) groups excluding carboxylic acids is 1. The van der Waals surface area contributed by atoms with Crippen LogP contribution in [0.5, 0.6) is 0 Å². The summed E-state index contributed by atoms with van der Waals surface area (Å²) in [5, 5.41) is 0. The van der Waals surface area contributed by atoms with Crippen molar-refractivity contribution in [2.75, 3.05) is 13.2 Å². The molecule has 0 aromatic rings. The summed E-state index contributed by atoms with van der Waals surface area (Å²) in [4.78, 5) is 11.9. The van der Waals surface area contributed by atoms with Gasteiger partial charge in [-0.3, -0.25) is 4.79 Å². The number of ether oxygens (including phenoxy) is 2. The van der Waals surface area contributed by atoms with Crippen LogP contribution in [0, 0.1) is 11.3 Å². The molecule has 0 aromatic carbocycles. The summed E-state index contributed by atoms with van der Waals surface area (Å²) in [6, 6.07) is 0. The van der Waals surface area contributed by atoms with Crippen molar-refractivity contribution < 1.29 is 14.3 Å². The Hall–Kier alpha value is -0.830. The zero-order valence-electron chi connectivity index (χ0n) is 10.3. The monoisotopic (exact) mass is 224 g/mol. The number of rotatable bonds is 0. The van der Waals surface area contributed by atoms with Gasteiger partial charge in [-0.1, -0.05) is 25.5 Å². The molecule has 3 heteroatoms. The lowest BCUT2D eigenvalue weighted by atomic mass is 9.86. The molecule has 0 saturated carbocycles. The van der Waals surface area contributed by atoms with Gasteiger partial charge in [-0.25, -0.2) is 0 Å². The third-order valence-electron chi connectivity index (χ3n) is 3.27. The molecule has 1 heterocycles. The van der Waals surface area contributed by atoms with Crippen LogP contribution in [0.15, 0.2) is 11.6 Å². The second-order valence-corrected chi connectivity index (χ2v) is 5.71. The van der Waals surface area contributed by atoms with Crippen LogP contribution >= 0.6 is 0 Å². The molecule has 0 amide bonds. The molecule has 0 radical (unpaired) electrons. The maximum Gasteiger partial charge on any atom is 0.311 e. The quantitative estimate of drug-likeness (QED) is 0.468. The van der Waals surface area contributed by atoms with Crippen molar-refractivity contribution in [2.24, 2.45) is 11.3 Å². The van der Waals surface area contributed by atoms with Crippen molar-refractivity contribution >= 4 is 5.97 Å². The molecular formula is C13H20O3. The summed E-state index contributed by atoms with van der Waals surface area (Å²) in [7, 11) is 0. The smallest absolute Gasteiger partial charge is 0.311 e. The predicted octanol–water partition coefficient (Wildman–Crippen LogP) is 2.31.